The predicted molar refractivity (Wildman–Crippen MR) is 115 cm³/mol. The lowest BCUT2D eigenvalue weighted by atomic mass is 10.2. The lowest BCUT2D eigenvalue weighted by molar-refractivity contribution is -0.384. The van der Waals surface area contributed by atoms with Crippen molar-refractivity contribution in [3.8, 4) is 11.5 Å². The molecular formula is C22H14ClN3O4. The summed E-state index contributed by atoms with van der Waals surface area (Å²) in [6.45, 7) is 0. The summed E-state index contributed by atoms with van der Waals surface area (Å²) in [4.78, 5) is 27.1. The van der Waals surface area contributed by atoms with Crippen LogP contribution in [-0.4, -0.2) is 15.8 Å². The number of hydrogen-bond acceptors (Lipinski definition) is 5. The topological polar surface area (TPSA) is 98.3 Å². The van der Waals surface area contributed by atoms with Gasteiger partial charge in [0.25, 0.3) is 5.69 Å². The van der Waals surface area contributed by atoms with E-state index >= 15 is 0 Å². The van der Waals surface area contributed by atoms with Crippen LogP contribution in [0.4, 0.5) is 11.4 Å². The Morgan fingerprint density at radius 3 is 2.67 bits per heavy atom. The Hall–Kier alpha value is -3.97. The maximum absolute atomic E-state index is 12.2. The molecule has 0 spiro atoms. The van der Waals surface area contributed by atoms with E-state index in [1.165, 1.54) is 24.3 Å². The van der Waals surface area contributed by atoms with Crippen LogP contribution < -0.4 is 5.32 Å². The van der Waals surface area contributed by atoms with Gasteiger partial charge in [0.1, 0.15) is 10.5 Å². The van der Waals surface area contributed by atoms with Crippen molar-refractivity contribution < 1.29 is 14.1 Å². The molecule has 0 fully saturated rings. The highest BCUT2D eigenvalue weighted by atomic mass is 35.5. The second kappa shape index (κ2) is 8.18. The molecule has 148 valence electrons. The zero-order valence-electron chi connectivity index (χ0n) is 15.4. The molecule has 7 nitrogen and oxygen atoms in total. The third kappa shape index (κ3) is 4.21. The fourth-order valence-electron chi connectivity index (χ4n) is 2.84. The molecule has 3 aromatic carbocycles. The van der Waals surface area contributed by atoms with Crippen molar-refractivity contribution in [1.82, 2.24) is 4.98 Å². The quantitative estimate of drug-likeness (QED) is 0.254. The van der Waals surface area contributed by atoms with Crippen LogP contribution in [-0.2, 0) is 4.79 Å². The number of nitro benzene ring substituents is 1. The number of fused-ring (bicyclic) bond motifs is 1. The summed E-state index contributed by atoms with van der Waals surface area (Å²) >= 11 is 5.79. The van der Waals surface area contributed by atoms with Gasteiger partial charge in [-0.25, -0.2) is 4.98 Å². The number of carbonyl (C=O) groups excluding carboxylic acids is 1. The van der Waals surface area contributed by atoms with E-state index in [2.05, 4.69) is 10.3 Å². The largest absolute Gasteiger partial charge is 0.436 e. The van der Waals surface area contributed by atoms with E-state index in [0.29, 0.717) is 28.2 Å². The molecule has 1 heterocycles. The van der Waals surface area contributed by atoms with Crippen molar-refractivity contribution in [2.75, 3.05) is 5.32 Å². The number of hydrogen-bond donors (Lipinski definition) is 1. The molecule has 0 saturated heterocycles. The van der Waals surface area contributed by atoms with Crippen LogP contribution in [0.2, 0.25) is 5.02 Å². The van der Waals surface area contributed by atoms with Gasteiger partial charge in [0, 0.05) is 23.4 Å². The first-order valence-corrected chi connectivity index (χ1v) is 9.26. The molecule has 1 aromatic heterocycles. The van der Waals surface area contributed by atoms with E-state index in [1.807, 2.05) is 30.3 Å². The van der Waals surface area contributed by atoms with Crippen LogP contribution in [0, 0.1) is 10.1 Å². The van der Waals surface area contributed by atoms with Crippen molar-refractivity contribution in [2.45, 2.75) is 0 Å². The lowest BCUT2D eigenvalue weighted by Gasteiger charge is -2.01. The molecule has 0 unspecified atom stereocenters. The summed E-state index contributed by atoms with van der Waals surface area (Å²) in [5, 5.41) is 13.7. The summed E-state index contributed by atoms with van der Waals surface area (Å²) in [7, 11) is 0. The number of oxazole rings is 1. The van der Waals surface area contributed by atoms with Gasteiger partial charge >= 0.3 is 0 Å². The summed E-state index contributed by atoms with van der Waals surface area (Å²) in [6.07, 6.45) is 2.76. The van der Waals surface area contributed by atoms with E-state index < -0.39 is 10.8 Å². The SMILES string of the molecule is O=C(/C=C/c1ccc(Cl)c([N+](=O)[O-])c1)Nc1ccc2oc(-c3ccccc3)nc2c1. The van der Waals surface area contributed by atoms with Crippen LogP contribution in [0.1, 0.15) is 5.56 Å². The van der Waals surface area contributed by atoms with Gasteiger partial charge in [-0.1, -0.05) is 35.9 Å². The number of rotatable bonds is 5. The number of benzene rings is 3. The fraction of sp³-hybridized carbons (Fsp3) is 0. The van der Waals surface area contributed by atoms with E-state index in [9.17, 15) is 14.9 Å². The monoisotopic (exact) mass is 419 g/mol. The molecule has 1 N–H and O–H groups in total. The molecule has 1 amide bonds. The normalized spacial score (nSPS) is 11.1. The number of nitrogens with one attached hydrogen (secondary N) is 1. The van der Waals surface area contributed by atoms with Gasteiger partial charge in [0.15, 0.2) is 5.58 Å². The van der Waals surface area contributed by atoms with Crippen molar-refractivity contribution in [3.05, 3.63) is 93.5 Å². The molecule has 0 atom stereocenters. The number of aromatic nitrogens is 1. The van der Waals surface area contributed by atoms with Gasteiger partial charge in [-0.05, 0) is 48.0 Å². The summed E-state index contributed by atoms with van der Waals surface area (Å²) < 4.78 is 5.76. The van der Waals surface area contributed by atoms with Gasteiger partial charge in [0.2, 0.25) is 11.8 Å². The smallest absolute Gasteiger partial charge is 0.288 e. The molecule has 8 heteroatoms. The minimum absolute atomic E-state index is 0.0392. The predicted octanol–water partition coefficient (Wildman–Crippen LogP) is 5.71. The lowest BCUT2D eigenvalue weighted by Crippen LogP contribution is -2.07. The van der Waals surface area contributed by atoms with Crippen LogP contribution in [0.25, 0.3) is 28.6 Å². The summed E-state index contributed by atoms with van der Waals surface area (Å²) in [5.74, 6) is 0.108. The minimum atomic E-state index is -0.573. The Morgan fingerprint density at radius 1 is 1.10 bits per heavy atom. The molecular weight excluding hydrogens is 406 g/mol. The number of nitrogens with zero attached hydrogens (tertiary/aromatic N) is 2. The zero-order valence-corrected chi connectivity index (χ0v) is 16.2. The first-order valence-electron chi connectivity index (χ1n) is 8.88. The number of carbonyl (C=O) groups is 1. The van der Waals surface area contributed by atoms with Crippen LogP contribution in [0.15, 0.2) is 77.2 Å². The molecule has 0 radical (unpaired) electrons. The molecule has 4 aromatic rings. The number of nitro groups is 1. The Kier molecular flexibility index (Phi) is 5.28. The minimum Gasteiger partial charge on any atom is -0.436 e. The van der Waals surface area contributed by atoms with Gasteiger partial charge in [0.05, 0.1) is 4.92 Å². The van der Waals surface area contributed by atoms with Crippen molar-refractivity contribution in [1.29, 1.82) is 0 Å². The molecule has 0 aliphatic carbocycles. The Bertz CT molecular complexity index is 1280. The van der Waals surface area contributed by atoms with Gasteiger partial charge < -0.3 is 9.73 Å². The Balaban J connectivity index is 1.50. The zero-order chi connectivity index (χ0) is 21.1. The average Bonchev–Trinajstić information content (AvgIpc) is 3.17. The van der Waals surface area contributed by atoms with Crippen molar-refractivity contribution in [3.63, 3.8) is 0 Å². The molecule has 4 rings (SSSR count). The Labute approximate surface area is 175 Å². The van der Waals surface area contributed by atoms with E-state index in [-0.39, 0.29) is 10.7 Å². The molecule has 0 aliphatic heterocycles. The summed E-state index contributed by atoms with van der Waals surface area (Å²) in [5.41, 5.74) is 2.90. The highest BCUT2D eigenvalue weighted by molar-refractivity contribution is 6.32. The van der Waals surface area contributed by atoms with E-state index in [0.717, 1.165) is 5.56 Å². The number of halogens is 1. The third-order valence-corrected chi connectivity index (χ3v) is 4.59. The molecule has 0 aliphatic rings. The Morgan fingerprint density at radius 2 is 1.90 bits per heavy atom. The summed E-state index contributed by atoms with van der Waals surface area (Å²) in [6, 6.07) is 19.0. The van der Waals surface area contributed by atoms with Gasteiger partial charge in [-0.3, -0.25) is 14.9 Å². The van der Waals surface area contributed by atoms with E-state index in [1.54, 1.807) is 24.3 Å². The van der Waals surface area contributed by atoms with Crippen molar-refractivity contribution in [2.24, 2.45) is 0 Å². The maximum atomic E-state index is 12.2. The average molecular weight is 420 g/mol. The van der Waals surface area contributed by atoms with Crippen LogP contribution >= 0.6 is 11.6 Å². The van der Waals surface area contributed by atoms with Crippen molar-refractivity contribution >= 4 is 46.1 Å². The van der Waals surface area contributed by atoms with Gasteiger partial charge in [-0.2, -0.15) is 0 Å². The second-order valence-electron chi connectivity index (χ2n) is 6.36. The van der Waals surface area contributed by atoms with Crippen LogP contribution in [0.3, 0.4) is 0 Å². The molecule has 30 heavy (non-hydrogen) atoms. The fourth-order valence-corrected chi connectivity index (χ4v) is 3.03. The standard InChI is InChI=1S/C22H14ClN3O4/c23-17-9-6-14(12-19(17)26(28)29)7-11-21(27)24-16-8-10-20-18(13-16)25-22(30-20)15-4-2-1-3-5-15/h1-13H,(H,24,27)/b11-7+. The van der Waals surface area contributed by atoms with Gasteiger partial charge in [-0.15, -0.1) is 0 Å². The number of amides is 1. The second-order valence-corrected chi connectivity index (χ2v) is 6.77. The molecule has 0 bridgehead atoms. The van der Waals surface area contributed by atoms with E-state index in [4.69, 9.17) is 16.0 Å². The van der Waals surface area contributed by atoms with Crippen LogP contribution in [0.5, 0.6) is 0 Å². The third-order valence-electron chi connectivity index (χ3n) is 4.27. The highest BCUT2D eigenvalue weighted by Crippen LogP contribution is 2.27. The molecule has 0 saturated carbocycles. The first kappa shape index (κ1) is 19.4. The first-order chi connectivity index (χ1) is 14.5. The maximum Gasteiger partial charge on any atom is 0.288 e. The number of anilines is 1. The highest BCUT2D eigenvalue weighted by Gasteiger charge is 2.12.